The Morgan fingerprint density at radius 1 is 1.31 bits per heavy atom. The van der Waals surface area contributed by atoms with Crippen LogP contribution in [0.25, 0.3) is 5.78 Å². The highest BCUT2D eigenvalue weighted by atomic mass is 16.1. The van der Waals surface area contributed by atoms with Crippen molar-refractivity contribution in [3.8, 4) is 0 Å². The van der Waals surface area contributed by atoms with Crippen LogP contribution in [0.15, 0.2) is 12.4 Å². The van der Waals surface area contributed by atoms with E-state index in [1.165, 1.54) is 6.33 Å². The van der Waals surface area contributed by atoms with Gasteiger partial charge >= 0.3 is 0 Å². The summed E-state index contributed by atoms with van der Waals surface area (Å²) in [5, 5.41) is 11.7. The predicted molar refractivity (Wildman–Crippen MR) is 98.0 cm³/mol. The van der Waals surface area contributed by atoms with Crippen molar-refractivity contribution in [2.24, 2.45) is 0 Å². The van der Waals surface area contributed by atoms with Crippen molar-refractivity contribution in [1.82, 2.24) is 34.7 Å². The van der Waals surface area contributed by atoms with Gasteiger partial charge in [-0.3, -0.25) is 9.48 Å². The van der Waals surface area contributed by atoms with E-state index in [1.54, 1.807) is 10.6 Å². The molecule has 0 atom stereocenters. The minimum atomic E-state index is -0.223. The molecule has 1 N–H and O–H groups in total. The maximum absolute atomic E-state index is 12.7. The summed E-state index contributed by atoms with van der Waals surface area (Å²) < 4.78 is 3.67. The maximum Gasteiger partial charge on any atom is 0.270 e. The van der Waals surface area contributed by atoms with Crippen LogP contribution in [-0.2, 0) is 13.1 Å². The molecule has 8 nitrogen and oxygen atoms in total. The summed E-state index contributed by atoms with van der Waals surface area (Å²) in [6.45, 7) is 11.5. The molecule has 3 aromatic rings. The second-order valence-electron chi connectivity index (χ2n) is 6.75. The van der Waals surface area contributed by atoms with Gasteiger partial charge in [0, 0.05) is 24.3 Å². The highest BCUT2D eigenvalue weighted by molar-refractivity contribution is 5.92. The smallest absolute Gasteiger partial charge is 0.270 e. The summed E-state index contributed by atoms with van der Waals surface area (Å²) in [6, 6.07) is 1.78. The number of rotatable bonds is 6. The Balaban J connectivity index is 1.82. The fraction of sp³-hybridized carbons (Fsp3) is 0.500. The third-order valence-electron chi connectivity index (χ3n) is 4.50. The first kappa shape index (κ1) is 18.0. The number of nitrogens with one attached hydrogen (secondary N) is 1. The zero-order chi connectivity index (χ0) is 18.8. The Morgan fingerprint density at radius 3 is 2.77 bits per heavy atom. The van der Waals surface area contributed by atoms with Gasteiger partial charge in [-0.25, -0.2) is 9.50 Å². The SMILES string of the molecule is CCCn1nc(C)c(CNC(=O)c2cc(C(C)C)n3ncnc3n2)c1C. The first-order valence-electron chi connectivity index (χ1n) is 8.94. The zero-order valence-electron chi connectivity index (χ0n) is 15.9. The fourth-order valence-electron chi connectivity index (χ4n) is 3.04. The van der Waals surface area contributed by atoms with Crippen molar-refractivity contribution in [3.05, 3.63) is 40.7 Å². The van der Waals surface area contributed by atoms with E-state index in [4.69, 9.17) is 0 Å². The van der Waals surface area contributed by atoms with Gasteiger partial charge in [0.15, 0.2) is 0 Å². The molecule has 3 heterocycles. The predicted octanol–water partition coefficient (Wildman–Crippen LogP) is 2.40. The Hall–Kier alpha value is -2.77. The number of aryl methyl sites for hydroxylation is 2. The highest BCUT2D eigenvalue weighted by Crippen LogP contribution is 2.16. The van der Waals surface area contributed by atoms with Crippen LogP contribution in [0, 0.1) is 13.8 Å². The van der Waals surface area contributed by atoms with E-state index < -0.39 is 0 Å². The largest absolute Gasteiger partial charge is 0.346 e. The zero-order valence-corrected chi connectivity index (χ0v) is 15.9. The molecule has 0 aliphatic heterocycles. The van der Waals surface area contributed by atoms with Crippen LogP contribution in [0.4, 0.5) is 0 Å². The molecule has 1 amide bonds. The first-order valence-corrected chi connectivity index (χ1v) is 8.94. The van der Waals surface area contributed by atoms with E-state index in [0.29, 0.717) is 18.0 Å². The lowest BCUT2D eigenvalue weighted by Gasteiger charge is -2.10. The van der Waals surface area contributed by atoms with Crippen LogP contribution in [0.3, 0.4) is 0 Å². The lowest BCUT2D eigenvalue weighted by atomic mass is 10.1. The highest BCUT2D eigenvalue weighted by Gasteiger charge is 2.17. The van der Waals surface area contributed by atoms with Gasteiger partial charge in [0.05, 0.1) is 11.4 Å². The van der Waals surface area contributed by atoms with E-state index in [-0.39, 0.29) is 11.8 Å². The second kappa shape index (κ2) is 7.23. The first-order chi connectivity index (χ1) is 12.4. The van der Waals surface area contributed by atoms with Crippen LogP contribution < -0.4 is 5.32 Å². The van der Waals surface area contributed by atoms with Gasteiger partial charge in [-0.1, -0.05) is 20.8 Å². The monoisotopic (exact) mass is 355 g/mol. The lowest BCUT2D eigenvalue weighted by Crippen LogP contribution is -2.25. The van der Waals surface area contributed by atoms with Gasteiger partial charge in [0.1, 0.15) is 12.0 Å². The normalized spacial score (nSPS) is 11.5. The number of amides is 1. The van der Waals surface area contributed by atoms with E-state index in [0.717, 1.165) is 35.6 Å². The van der Waals surface area contributed by atoms with Crippen LogP contribution in [-0.4, -0.2) is 35.3 Å². The second-order valence-corrected chi connectivity index (χ2v) is 6.75. The summed E-state index contributed by atoms with van der Waals surface area (Å²) in [5.74, 6) is 0.412. The molecular formula is C18H25N7O. The average molecular weight is 355 g/mol. The third-order valence-corrected chi connectivity index (χ3v) is 4.50. The summed E-state index contributed by atoms with van der Waals surface area (Å²) in [6.07, 6.45) is 2.47. The van der Waals surface area contributed by atoms with Gasteiger partial charge in [-0.05, 0) is 32.3 Å². The maximum atomic E-state index is 12.7. The third kappa shape index (κ3) is 3.31. The molecule has 26 heavy (non-hydrogen) atoms. The molecule has 0 bridgehead atoms. The molecule has 0 saturated carbocycles. The van der Waals surface area contributed by atoms with Gasteiger partial charge < -0.3 is 5.32 Å². The van der Waals surface area contributed by atoms with E-state index in [2.05, 4.69) is 32.4 Å². The standard InChI is InChI=1S/C18H25N7O/c1-6-7-24-13(5)14(12(4)23-24)9-19-17(26)15-8-16(11(2)3)25-18(22-15)20-10-21-25/h8,10-11H,6-7,9H2,1-5H3,(H,19,26). The van der Waals surface area contributed by atoms with E-state index in [9.17, 15) is 4.79 Å². The van der Waals surface area contributed by atoms with Crippen molar-refractivity contribution in [2.75, 3.05) is 0 Å². The number of hydrogen-bond donors (Lipinski definition) is 1. The van der Waals surface area contributed by atoms with Gasteiger partial charge in [0.2, 0.25) is 0 Å². The molecule has 8 heteroatoms. The van der Waals surface area contributed by atoms with Crippen LogP contribution >= 0.6 is 0 Å². The van der Waals surface area contributed by atoms with Crippen molar-refractivity contribution in [2.45, 2.75) is 60.0 Å². The van der Waals surface area contributed by atoms with Gasteiger partial charge in [0.25, 0.3) is 11.7 Å². The Bertz CT molecular complexity index is 939. The van der Waals surface area contributed by atoms with Crippen molar-refractivity contribution >= 4 is 11.7 Å². The summed E-state index contributed by atoms with van der Waals surface area (Å²) >= 11 is 0. The Kier molecular flexibility index (Phi) is 5.01. The molecule has 0 unspecified atom stereocenters. The van der Waals surface area contributed by atoms with E-state index >= 15 is 0 Å². The lowest BCUT2D eigenvalue weighted by molar-refractivity contribution is 0.0945. The molecule has 0 aromatic carbocycles. The number of hydrogen-bond acceptors (Lipinski definition) is 5. The quantitative estimate of drug-likeness (QED) is 0.733. The summed E-state index contributed by atoms with van der Waals surface area (Å²) in [4.78, 5) is 21.1. The molecule has 138 valence electrons. The molecule has 0 aliphatic rings. The van der Waals surface area contributed by atoms with Crippen LogP contribution in [0.1, 0.15) is 66.2 Å². The molecular weight excluding hydrogens is 330 g/mol. The van der Waals surface area contributed by atoms with Gasteiger partial charge in [-0.15, -0.1) is 0 Å². The minimum absolute atomic E-state index is 0.200. The molecule has 0 radical (unpaired) electrons. The number of fused-ring (bicyclic) bond motifs is 1. The average Bonchev–Trinajstić information content (AvgIpc) is 3.17. The number of nitrogens with zero attached hydrogens (tertiary/aromatic N) is 6. The number of carbonyl (C=O) groups is 1. The summed E-state index contributed by atoms with van der Waals surface area (Å²) in [7, 11) is 0. The summed E-state index contributed by atoms with van der Waals surface area (Å²) in [5.41, 5.74) is 4.35. The molecule has 0 aliphatic carbocycles. The van der Waals surface area contributed by atoms with Crippen molar-refractivity contribution in [3.63, 3.8) is 0 Å². The Morgan fingerprint density at radius 2 is 2.08 bits per heavy atom. The van der Waals surface area contributed by atoms with E-state index in [1.807, 2.05) is 32.4 Å². The Labute approximate surface area is 152 Å². The minimum Gasteiger partial charge on any atom is -0.346 e. The van der Waals surface area contributed by atoms with Crippen molar-refractivity contribution < 1.29 is 4.79 Å². The van der Waals surface area contributed by atoms with Crippen LogP contribution in [0.2, 0.25) is 0 Å². The van der Waals surface area contributed by atoms with Crippen LogP contribution in [0.5, 0.6) is 0 Å². The van der Waals surface area contributed by atoms with Gasteiger partial charge in [-0.2, -0.15) is 15.2 Å². The molecule has 3 rings (SSSR count). The number of carbonyl (C=O) groups excluding carboxylic acids is 1. The topological polar surface area (TPSA) is 90.0 Å². The number of aromatic nitrogens is 6. The van der Waals surface area contributed by atoms with Crippen molar-refractivity contribution in [1.29, 1.82) is 0 Å². The molecule has 0 saturated heterocycles. The molecule has 3 aromatic heterocycles. The molecule has 0 spiro atoms. The fourth-order valence-corrected chi connectivity index (χ4v) is 3.04. The molecule has 0 fully saturated rings.